The number of carbonyl (C=O) groups excluding carboxylic acids is 1. The van der Waals surface area contributed by atoms with Crippen molar-refractivity contribution in [3.63, 3.8) is 0 Å². The Labute approximate surface area is 105 Å². The van der Waals surface area contributed by atoms with Gasteiger partial charge in [0.2, 0.25) is 0 Å². The van der Waals surface area contributed by atoms with Gasteiger partial charge in [0.05, 0.1) is 0 Å². The number of allylic oxidation sites excluding steroid dienone is 5. The molecule has 0 heterocycles. The van der Waals surface area contributed by atoms with Gasteiger partial charge in [-0.2, -0.15) is 0 Å². The molecule has 0 saturated carbocycles. The van der Waals surface area contributed by atoms with Gasteiger partial charge in [-0.05, 0) is 61.8 Å². The molecule has 0 aromatic carbocycles. The van der Waals surface area contributed by atoms with Crippen LogP contribution in [0.25, 0.3) is 0 Å². The standard InChI is InChI=1S/C16H22O/c1-13-7-5-9-14(2)15(17)10-12-16(3,4)11-6-8-13/h6,9-10,12H,5,7,11H2,1-4H3/b12-10+,14-9+. The normalized spacial score (nSPS) is 26.2. The molecule has 0 unspecified atom stereocenters. The van der Waals surface area contributed by atoms with Crippen LogP contribution in [0.15, 0.2) is 41.2 Å². The average molecular weight is 230 g/mol. The highest BCUT2D eigenvalue weighted by Crippen LogP contribution is 2.23. The molecule has 0 aliphatic heterocycles. The maximum atomic E-state index is 11.8. The van der Waals surface area contributed by atoms with Gasteiger partial charge in [-0.3, -0.25) is 4.79 Å². The second-order valence-electron chi connectivity index (χ2n) is 5.44. The fourth-order valence-corrected chi connectivity index (χ4v) is 1.67. The SMILES string of the molecule is CC1=C=CCC(C)(C)/C=C/C(=O)/C(C)=C/CC1. The van der Waals surface area contributed by atoms with E-state index in [-0.39, 0.29) is 11.2 Å². The highest BCUT2D eigenvalue weighted by molar-refractivity contribution is 6.03. The smallest absolute Gasteiger partial charge is 0.180 e. The molecule has 0 radical (unpaired) electrons. The minimum Gasteiger partial charge on any atom is -0.290 e. The highest BCUT2D eigenvalue weighted by atomic mass is 16.1. The predicted molar refractivity (Wildman–Crippen MR) is 72.8 cm³/mol. The number of ketones is 1. The summed E-state index contributed by atoms with van der Waals surface area (Å²) in [5.74, 6) is 0.129. The van der Waals surface area contributed by atoms with Gasteiger partial charge in [0.15, 0.2) is 5.78 Å². The fraction of sp³-hybridized carbons (Fsp3) is 0.500. The molecule has 1 nitrogen and oxygen atoms in total. The fourth-order valence-electron chi connectivity index (χ4n) is 1.67. The van der Waals surface area contributed by atoms with Gasteiger partial charge < -0.3 is 0 Å². The molecule has 0 spiro atoms. The summed E-state index contributed by atoms with van der Waals surface area (Å²) >= 11 is 0. The predicted octanol–water partition coefficient (Wildman–Crippen LogP) is 4.37. The van der Waals surface area contributed by atoms with Crippen molar-refractivity contribution < 1.29 is 4.79 Å². The van der Waals surface area contributed by atoms with E-state index in [0.29, 0.717) is 0 Å². The summed E-state index contributed by atoms with van der Waals surface area (Å²) in [6.07, 6.45) is 10.6. The van der Waals surface area contributed by atoms with Crippen LogP contribution in [0.4, 0.5) is 0 Å². The third kappa shape index (κ3) is 5.01. The summed E-state index contributed by atoms with van der Waals surface area (Å²) in [5.41, 5.74) is 5.44. The molecule has 1 heteroatoms. The van der Waals surface area contributed by atoms with E-state index in [0.717, 1.165) is 24.8 Å². The largest absolute Gasteiger partial charge is 0.290 e. The first-order chi connectivity index (χ1) is 7.91. The van der Waals surface area contributed by atoms with E-state index in [1.165, 1.54) is 5.57 Å². The Bertz CT molecular complexity index is 413. The summed E-state index contributed by atoms with van der Waals surface area (Å²) in [6.45, 7) is 8.25. The van der Waals surface area contributed by atoms with Crippen LogP contribution in [0.5, 0.6) is 0 Å². The van der Waals surface area contributed by atoms with Crippen molar-refractivity contribution >= 4 is 5.78 Å². The van der Waals surface area contributed by atoms with Crippen LogP contribution >= 0.6 is 0 Å². The number of hydrogen-bond acceptors (Lipinski definition) is 1. The number of hydrogen-bond donors (Lipinski definition) is 0. The zero-order valence-electron chi connectivity index (χ0n) is 11.3. The lowest BCUT2D eigenvalue weighted by Crippen LogP contribution is -2.07. The topological polar surface area (TPSA) is 17.1 Å². The van der Waals surface area contributed by atoms with Crippen molar-refractivity contribution in [3.05, 3.63) is 41.2 Å². The third-order valence-corrected chi connectivity index (χ3v) is 3.02. The molecule has 0 N–H and O–H groups in total. The summed E-state index contributed by atoms with van der Waals surface area (Å²) in [6, 6.07) is 0. The van der Waals surface area contributed by atoms with Crippen molar-refractivity contribution in [2.75, 3.05) is 0 Å². The Morgan fingerprint density at radius 2 is 2.00 bits per heavy atom. The lowest BCUT2D eigenvalue weighted by atomic mass is 9.88. The second kappa shape index (κ2) is 5.84. The Morgan fingerprint density at radius 3 is 2.71 bits per heavy atom. The minimum atomic E-state index is 0.0163. The van der Waals surface area contributed by atoms with E-state index in [9.17, 15) is 4.79 Å². The summed E-state index contributed by atoms with van der Waals surface area (Å²) in [4.78, 5) is 11.8. The average Bonchev–Trinajstić information content (AvgIpc) is 2.24. The third-order valence-electron chi connectivity index (χ3n) is 3.02. The van der Waals surface area contributed by atoms with Crippen LogP contribution in [-0.4, -0.2) is 5.78 Å². The molecule has 1 aliphatic carbocycles. The number of carbonyl (C=O) groups is 1. The molecule has 0 aromatic rings. The second-order valence-corrected chi connectivity index (χ2v) is 5.44. The first kappa shape index (κ1) is 13.7. The lowest BCUT2D eigenvalue weighted by Gasteiger charge is -2.17. The van der Waals surface area contributed by atoms with E-state index in [1.807, 2.05) is 19.1 Å². The molecular weight excluding hydrogens is 208 g/mol. The molecule has 0 aromatic heterocycles. The maximum absolute atomic E-state index is 11.8. The molecule has 1 rings (SSSR count). The molecule has 0 bridgehead atoms. The van der Waals surface area contributed by atoms with Crippen molar-refractivity contribution in [1.29, 1.82) is 0 Å². The lowest BCUT2D eigenvalue weighted by molar-refractivity contribution is -0.111. The Hall–Kier alpha value is -1.33. The summed E-state index contributed by atoms with van der Waals surface area (Å²) < 4.78 is 0. The van der Waals surface area contributed by atoms with Gasteiger partial charge in [0, 0.05) is 0 Å². The quantitative estimate of drug-likeness (QED) is 0.565. The molecule has 0 amide bonds. The van der Waals surface area contributed by atoms with E-state index in [1.54, 1.807) is 6.08 Å². The van der Waals surface area contributed by atoms with Gasteiger partial charge in [0.1, 0.15) is 0 Å². The van der Waals surface area contributed by atoms with Crippen LogP contribution < -0.4 is 0 Å². The van der Waals surface area contributed by atoms with Crippen LogP contribution in [0.1, 0.15) is 47.0 Å². The van der Waals surface area contributed by atoms with Crippen molar-refractivity contribution in [3.8, 4) is 0 Å². The minimum absolute atomic E-state index is 0.0163. The zero-order valence-corrected chi connectivity index (χ0v) is 11.3. The molecule has 0 fully saturated rings. The van der Waals surface area contributed by atoms with Crippen LogP contribution in [-0.2, 0) is 4.79 Å². The van der Waals surface area contributed by atoms with E-state index < -0.39 is 0 Å². The van der Waals surface area contributed by atoms with Gasteiger partial charge in [-0.15, -0.1) is 5.73 Å². The first-order valence-electron chi connectivity index (χ1n) is 6.22. The van der Waals surface area contributed by atoms with Crippen molar-refractivity contribution in [1.82, 2.24) is 0 Å². The Kier molecular flexibility index (Phi) is 4.72. The summed E-state index contributed by atoms with van der Waals surface area (Å²) in [7, 11) is 0. The van der Waals surface area contributed by atoms with Gasteiger partial charge in [0.25, 0.3) is 0 Å². The Morgan fingerprint density at radius 1 is 1.29 bits per heavy atom. The van der Waals surface area contributed by atoms with Crippen LogP contribution in [0.3, 0.4) is 0 Å². The van der Waals surface area contributed by atoms with Gasteiger partial charge in [-0.25, -0.2) is 0 Å². The molecule has 0 saturated heterocycles. The first-order valence-corrected chi connectivity index (χ1v) is 6.22. The number of rotatable bonds is 0. The van der Waals surface area contributed by atoms with E-state index >= 15 is 0 Å². The molecule has 17 heavy (non-hydrogen) atoms. The monoisotopic (exact) mass is 230 g/mol. The van der Waals surface area contributed by atoms with Gasteiger partial charge >= 0.3 is 0 Å². The van der Waals surface area contributed by atoms with Crippen LogP contribution in [0, 0.1) is 5.41 Å². The molecule has 0 atom stereocenters. The van der Waals surface area contributed by atoms with Gasteiger partial charge in [-0.1, -0.05) is 26.0 Å². The molecular formula is C16H22O. The molecule has 1 aliphatic rings. The van der Waals surface area contributed by atoms with Crippen LogP contribution in [0.2, 0.25) is 0 Å². The highest BCUT2D eigenvalue weighted by Gasteiger charge is 2.12. The summed E-state index contributed by atoms with van der Waals surface area (Å²) in [5, 5.41) is 0. The van der Waals surface area contributed by atoms with E-state index in [2.05, 4.69) is 32.6 Å². The van der Waals surface area contributed by atoms with Crippen molar-refractivity contribution in [2.45, 2.75) is 47.0 Å². The maximum Gasteiger partial charge on any atom is 0.180 e. The Balaban J connectivity index is 3.01. The molecule has 92 valence electrons. The zero-order chi connectivity index (χ0) is 12.9. The van der Waals surface area contributed by atoms with E-state index in [4.69, 9.17) is 0 Å². The van der Waals surface area contributed by atoms with Crippen molar-refractivity contribution in [2.24, 2.45) is 5.41 Å².